The van der Waals surface area contributed by atoms with Crippen LogP contribution in [0.2, 0.25) is 0 Å². The largest absolute Gasteiger partial charge is 0.445 e. The molecule has 1 aromatic rings. The molecule has 90 valence electrons. The average Bonchev–Trinajstić information content (AvgIpc) is 3.16. The SMILES string of the molecule is O=CC1(CNC(=O)OCc2ccccc2)CC1. The van der Waals surface area contributed by atoms with Crippen molar-refractivity contribution in [2.45, 2.75) is 19.4 Å². The predicted molar refractivity (Wildman–Crippen MR) is 62.4 cm³/mol. The van der Waals surface area contributed by atoms with Gasteiger partial charge in [-0.25, -0.2) is 4.79 Å². The van der Waals surface area contributed by atoms with Crippen molar-refractivity contribution < 1.29 is 14.3 Å². The number of rotatable bonds is 5. The molecule has 1 aliphatic carbocycles. The van der Waals surface area contributed by atoms with Crippen LogP contribution in [-0.2, 0) is 16.1 Å². The van der Waals surface area contributed by atoms with Crippen molar-refractivity contribution in [2.24, 2.45) is 5.41 Å². The highest BCUT2D eigenvalue weighted by molar-refractivity contribution is 5.70. The third kappa shape index (κ3) is 3.31. The summed E-state index contributed by atoms with van der Waals surface area (Å²) in [6.07, 6.45) is 2.16. The molecule has 1 aliphatic rings. The first-order valence-corrected chi connectivity index (χ1v) is 5.65. The molecule has 1 fully saturated rings. The van der Waals surface area contributed by atoms with Crippen molar-refractivity contribution in [1.82, 2.24) is 5.32 Å². The van der Waals surface area contributed by atoms with Crippen molar-refractivity contribution in [2.75, 3.05) is 6.54 Å². The number of hydrogen-bond acceptors (Lipinski definition) is 3. The van der Waals surface area contributed by atoms with Gasteiger partial charge in [0.1, 0.15) is 12.9 Å². The van der Waals surface area contributed by atoms with Gasteiger partial charge in [0.15, 0.2) is 0 Å². The first kappa shape index (κ1) is 11.6. The number of alkyl carbamates (subject to hydrolysis) is 1. The van der Waals surface area contributed by atoms with Crippen LogP contribution in [0.3, 0.4) is 0 Å². The fourth-order valence-corrected chi connectivity index (χ4v) is 1.52. The number of amides is 1. The number of carbonyl (C=O) groups is 2. The third-order valence-electron chi connectivity index (χ3n) is 2.94. The molecule has 1 aromatic carbocycles. The van der Waals surface area contributed by atoms with Gasteiger partial charge in [-0.15, -0.1) is 0 Å². The van der Waals surface area contributed by atoms with Gasteiger partial charge in [-0.1, -0.05) is 30.3 Å². The van der Waals surface area contributed by atoms with E-state index in [1.54, 1.807) is 0 Å². The summed E-state index contributed by atoms with van der Waals surface area (Å²) in [4.78, 5) is 22.0. The van der Waals surface area contributed by atoms with Crippen molar-refractivity contribution in [3.8, 4) is 0 Å². The first-order chi connectivity index (χ1) is 8.24. The van der Waals surface area contributed by atoms with Gasteiger partial charge in [0.2, 0.25) is 0 Å². The maximum Gasteiger partial charge on any atom is 0.407 e. The van der Waals surface area contributed by atoms with Crippen molar-refractivity contribution in [3.63, 3.8) is 0 Å². The van der Waals surface area contributed by atoms with Crippen LogP contribution in [-0.4, -0.2) is 18.9 Å². The summed E-state index contributed by atoms with van der Waals surface area (Å²) in [5, 5.41) is 2.61. The van der Waals surface area contributed by atoms with Gasteiger partial charge in [0.25, 0.3) is 0 Å². The summed E-state index contributed by atoms with van der Waals surface area (Å²) in [5.41, 5.74) is 0.630. The topological polar surface area (TPSA) is 55.4 Å². The second kappa shape index (κ2) is 4.99. The highest BCUT2D eigenvalue weighted by Crippen LogP contribution is 2.42. The molecule has 17 heavy (non-hydrogen) atoms. The normalized spacial score (nSPS) is 16.0. The van der Waals surface area contributed by atoms with Crippen molar-refractivity contribution in [3.05, 3.63) is 35.9 Å². The highest BCUT2D eigenvalue weighted by Gasteiger charge is 2.42. The molecule has 0 saturated heterocycles. The van der Waals surface area contributed by atoms with E-state index in [4.69, 9.17) is 4.74 Å². The van der Waals surface area contributed by atoms with Crippen LogP contribution in [0.25, 0.3) is 0 Å². The predicted octanol–water partition coefficient (Wildman–Crippen LogP) is 1.89. The van der Waals surface area contributed by atoms with Crippen LogP contribution in [0.4, 0.5) is 4.79 Å². The van der Waals surface area contributed by atoms with E-state index in [-0.39, 0.29) is 12.0 Å². The van der Waals surface area contributed by atoms with E-state index in [1.165, 1.54) is 0 Å². The van der Waals surface area contributed by atoms with Crippen molar-refractivity contribution in [1.29, 1.82) is 0 Å². The van der Waals surface area contributed by atoms with E-state index >= 15 is 0 Å². The lowest BCUT2D eigenvalue weighted by atomic mass is 10.1. The van der Waals surface area contributed by atoms with E-state index < -0.39 is 6.09 Å². The summed E-state index contributed by atoms with van der Waals surface area (Å²) in [5.74, 6) is 0. The lowest BCUT2D eigenvalue weighted by Gasteiger charge is -2.09. The summed E-state index contributed by atoms with van der Waals surface area (Å²) in [7, 11) is 0. The van der Waals surface area contributed by atoms with Gasteiger partial charge in [0, 0.05) is 12.0 Å². The quantitative estimate of drug-likeness (QED) is 0.790. The maximum atomic E-state index is 11.4. The molecule has 4 nitrogen and oxygen atoms in total. The number of hydrogen-bond donors (Lipinski definition) is 1. The summed E-state index contributed by atoms with van der Waals surface area (Å²) in [6.45, 7) is 0.630. The molecule has 0 aliphatic heterocycles. The van der Waals surface area contributed by atoms with E-state index in [9.17, 15) is 9.59 Å². The Kier molecular flexibility index (Phi) is 3.42. The van der Waals surface area contributed by atoms with Gasteiger partial charge in [-0.05, 0) is 18.4 Å². The first-order valence-electron chi connectivity index (χ1n) is 5.65. The zero-order valence-corrected chi connectivity index (χ0v) is 9.52. The molecule has 0 spiro atoms. The number of carbonyl (C=O) groups excluding carboxylic acids is 2. The maximum absolute atomic E-state index is 11.4. The average molecular weight is 233 g/mol. The number of aldehydes is 1. The zero-order valence-electron chi connectivity index (χ0n) is 9.52. The molecular weight excluding hydrogens is 218 g/mol. The Hall–Kier alpha value is -1.84. The van der Waals surface area contributed by atoms with Crippen LogP contribution >= 0.6 is 0 Å². The Morgan fingerprint density at radius 2 is 2.06 bits per heavy atom. The van der Waals surface area contributed by atoms with Crippen molar-refractivity contribution >= 4 is 12.4 Å². The minimum Gasteiger partial charge on any atom is -0.445 e. The van der Waals surface area contributed by atoms with E-state index in [0.717, 1.165) is 24.7 Å². The van der Waals surface area contributed by atoms with E-state index in [1.807, 2.05) is 30.3 Å². The molecule has 0 atom stereocenters. The lowest BCUT2D eigenvalue weighted by Crippen LogP contribution is -2.31. The van der Waals surface area contributed by atoms with Gasteiger partial charge < -0.3 is 14.8 Å². The molecule has 0 radical (unpaired) electrons. The molecule has 0 heterocycles. The highest BCUT2D eigenvalue weighted by atomic mass is 16.5. The van der Waals surface area contributed by atoms with Gasteiger partial charge in [-0.3, -0.25) is 0 Å². The third-order valence-corrected chi connectivity index (χ3v) is 2.94. The standard InChI is InChI=1S/C13H15NO3/c15-10-13(6-7-13)9-14-12(16)17-8-11-4-2-1-3-5-11/h1-5,10H,6-9H2,(H,14,16). The number of nitrogens with one attached hydrogen (secondary N) is 1. The number of ether oxygens (including phenoxy) is 1. The Morgan fingerprint density at radius 1 is 1.35 bits per heavy atom. The smallest absolute Gasteiger partial charge is 0.407 e. The molecule has 2 rings (SSSR count). The lowest BCUT2D eigenvalue weighted by molar-refractivity contribution is -0.112. The fraction of sp³-hybridized carbons (Fsp3) is 0.385. The molecule has 0 aromatic heterocycles. The minimum absolute atomic E-state index is 0.251. The number of benzene rings is 1. The Morgan fingerprint density at radius 3 is 2.65 bits per heavy atom. The monoisotopic (exact) mass is 233 g/mol. The fourth-order valence-electron chi connectivity index (χ4n) is 1.52. The molecule has 0 bridgehead atoms. The van der Waals surface area contributed by atoms with E-state index in [0.29, 0.717) is 6.54 Å². The van der Waals surface area contributed by atoms with Gasteiger partial charge in [-0.2, -0.15) is 0 Å². The van der Waals surface area contributed by atoms with Crippen LogP contribution < -0.4 is 5.32 Å². The van der Waals surface area contributed by atoms with Gasteiger partial charge >= 0.3 is 6.09 Å². The molecule has 0 unspecified atom stereocenters. The molecule has 4 heteroatoms. The molecule has 1 saturated carbocycles. The minimum atomic E-state index is -0.470. The summed E-state index contributed by atoms with van der Waals surface area (Å²) < 4.78 is 5.03. The van der Waals surface area contributed by atoms with Crippen LogP contribution in [0.15, 0.2) is 30.3 Å². The van der Waals surface area contributed by atoms with E-state index in [2.05, 4.69) is 5.32 Å². The summed E-state index contributed by atoms with van der Waals surface area (Å²) in [6, 6.07) is 9.47. The van der Waals surface area contributed by atoms with Crippen LogP contribution in [0.1, 0.15) is 18.4 Å². The molecule has 1 N–H and O–H groups in total. The second-order valence-corrected chi connectivity index (χ2v) is 4.40. The molecular formula is C13H15NO3. The van der Waals surface area contributed by atoms with Crippen LogP contribution in [0, 0.1) is 5.41 Å². The Balaban J connectivity index is 1.69. The zero-order chi connectivity index (χ0) is 12.1. The Bertz CT molecular complexity index is 398. The molecule has 1 amide bonds. The Labute approximate surface area is 100.0 Å². The van der Waals surface area contributed by atoms with Crippen LogP contribution in [0.5, 0.6) is 0 Å². The summed E-state index contributed by atoms with van der Waals surface area (Å²) >= 11 is 0. The second-order valence-electron chi connectivity index (χ2n) is 4.40. The van der Waals surface area contributed by atoms with Gasteiger partial charge in [0.05, 0.1) is 0 Å².